The smallest absolute Gasteiger partial charge is 0.259 e. The molecule has 2 unspecified atom stereocenters. The molecule has 1 aromatic heterocycles. The molecule has 3 N–H and O–H groups in total. The summed E-state index contributed by atoms with van der Waals surface area (Å²) in [7, 11) is 2.14. The van der Waals surface area contributed by atoms with E-state index in [1.165, 1.54) is 10.9 Å². The van der Waals surface area contributed by atoms with Gasteiger partial charge in [0.2, 0.25) is 0 Å². The molecule has 7 heteroatoms. The highest BCUT2D eigenvalue weighted by Crippen LogP contribution is 2.51. The number of nitrogens with zero attached hydrogens (tertiary/aromatic N) is 4. The number of hydrogen-bond acceptors (Lipinski definition) is 5. The van der Waals surface area contributed by atoms with Crippen molar-refractivity contribution in [2.75, 3.05) is 45.6 Å². The highest BCUT2D eigenvalue weighted by atomic mass is 16.3. The second kappa shape index (κ2) is 4.96. The number of rotatable bonds is 3. The van der Waals surface area contributed by atoms with Gasteiger partial charge in [-0.2, -0.15) is 5.10 Å². The lowest BCUT2D eigenvalue weighted by atomic mass is 9.71. The van der Waals surface area contributed by atoms with Crippen molar-refractivity contribution >= 4 is 11.7 Å². The number of anilines is 1. The molecule has 2 aliphatic rings. The van der Waals surface area contributed by atoms with Crippen molar-refractivity contribution in [1.82, 2.24) is 19.6 Å². The second-order valence-corrected chi connectivity index (χ2v) is 7.35. The van der Waals surface area contributed by atoms with Crippen LogP contribution in [0.1, 0.15) is 24.2 Å². The van der Waals surface area contributed by atoms with Gasteiger partial charge in [0.05, 0.1) is 19.3 Å². The Bertz CT molecular complexity index is 581. The van der Waals surface area contributed by atoms with Crippen molar-refractivity contribution in [3.8, 4) is 0 Å². The molecule has 2 fully saturated rings. The van der Waals surface area contributed by atoms with Gasteiger partial charge in [0, 0.05) is 37.0 Å². The number of likely N-dealkylation sites (tertiary alicyclic amines) is 2. The first-order chi connectivity index (χ1) is 10.3. The number of nitrogen functional groups attached to an aromatic ring is 1. The largest absolute Gasteiger partial charge is 0.394 e. The Morgan fingerprint density at radius 1 is 1.32 bits per heavy atom. The maximum Gasteiger partial charge on any atom is 0.259 e. The minimum Gasteiger partial charge on any atom is -0.394 e. The molecule has 0 saturated carbocycles. The van der Waals surface area contributed by atoms with Crippen molar-refractivity contribution < 1.29 is 9.90 Å². The molecule has 1 aromatic rings. The molecule has 0 aliphatic carbocycles. The summed E-state index contributed by atoms with van der Waals surface area (Å²) >= 11 is 0. The van der Waals surface area contributed by atoms with Crippen molar-refractivity contribution in [1.29, 1.82) is 0 Å². The molecule has 3 heterocycles. The first-order valence-electron chi connectivity index (χ1n) is 7.70. The minimum absolute atomic E-state index is 0.0499. The average molecular weight is 307 g/mol. The maximum absolute atomic E-state index is 12.8. The molecule has 3 rings (SSSR count). The van der Waals surface area contributed by atoms with E-state index in [4.69, 9.17) is 10.8 Å². The van der Waals surface area contributed by atoms with E-state index in [2.05, 4.69) is 30.9 Å². The van der Waals surface area contributed by atoms with Gasteiger partial charge in [-0.15, -0.1) is 0 Å². The second-order valence-electron chi connectivity index (χ2n) is 7.35. The third-order valence-corrected chi connectivity index (χ3v) is 5.48. The molecule has 0 spiro atoms. The zero-order chi connectivity index (χ0) is 16.1. The van der Waals surface area contributed by atoms with E-state index in [0.717, 1.165) is 26.2 Å². The lowest BCUT2D eigenvalue weighted by molar-refractivity contribution is 0.0762. The number of fused-ring (bicyclic) bond motifs is 1. The van der Waals surface area contributed by atoms with Crippen molar-refractivity contribution in [3.05, 3.63) is 11.8 Å². The maximum atomic E-state index is 12.8. The van der Waals surface area contributed by atoms with Crippen LogP contribution in [-0.2, 0) is 6.54 Å². The van der Waals surface area contributed by atoms with Gasteiger partial charge in [-0.05, 0) is 7.05 Å². The first kappa shape index (κ1) is 15.3. The number of aliphatic hydroxyl groups is 1. The van der Waals surface area contributed by atoms with Crippen LogP contribution in [0.4, 0.5) is 5.82 Å². The molecule has 2 atom stereocenters. The summed E-state index contributed by atoms with van der Waals surface area (Å²) in [4.78, 5) is 17.0. The zero-order valence-electron chi connectivity index (χ0n) is 13.5. The molecule has 0 bridgehead atoms. The van der Waals surface area contributed by atoms with E-state index in [9.17, 15) is 4.79 Å². The van der Waals surface area contributed by atoms with E-state index in [1.54, 1.807) is 0 Å². The number of aliphatic hydroxyl groups excluding tert-OH is 1. The lowest BCUT2D eigenvalue weighted by Gasteiger charge is -2.30. The van der Waals surface area contributed by atoms with Crippen LogP contribution in [0.25, 0.3) is 0 Å². The van der Waals surface area contributed by atoms with E-state index in [1.807, 2.05) is 4.90 Å². The molecule has 0 radical (unpaired) electrons. The summed E-state index contributed by atoms with van der Waals surface area (Å²) < 4.78 is 1.47. The van der Waals surface area contributed by atoms with Crippen LogP contribution >= 0.6 is 0 Å². The normalized spacial score (nSPS) is 31.7. The van der Waals surface area contributed by atoms with Gasteiger partial charge in [0.1, 0.15) is 11.4 Å². The zero-order valence-corrected chi connectivity index (χ0v) is 13.5. The third kappa shape index (κ3) is 2.11. The van der Waals surface area contributed by atoms with Crippen LogP contribution in [-0.4, -0.2) is 70.4 Å². The Kier molecular flexibility index (Phi) is 3.45. The van der Waals surface area contributed by atoms with Crippen LogP contribution in [0.2, 0.25) is 0 Å². The molecular formula is C15H25N5O2. The molecular weight excluding hydrogens is 282 g/mol. The first-order valence-corrected chi connectivity index (χ1v) is 7.70. The third-order valence-electron chi connectivity index (χ3n) is 5.48. The topological polar surface area (TPSA) is 87.6 Å². The summed E-state index contributed by atoms with van der Waals surface area (Å²) in [5.74, 6) is 0.282. The Labute approximate surface area is 130 Å². The Balaban J connectivity index is 1.81. The summed E-state index contributed by atoms with van der Waals surface area (Å²) in [6.45, 7) is 8.29. The van der Waals surface area contributed by atoms with Crippen LogP contribution in [0.3, 0.4) is 0 Å². The fourth-order valence-corrected chi connectivity index (χ4v) is 4.16. The van der Waals surface area contributed by atoms with E-state index in [-0.39, 0.29) is 23.3 Å². The molecule has 22 heavy (non-hydrogen) atoms. The van der Waals surface area contributed by atoms with Crippen LogP contribution in [0.15, 0.2) is 6.20 Å². The molecule has 7 nitrogen and oxygen atoms in total. The van der Waals surface area contributed by atoms with Gasteiger partial charge in [-0.3, -0.25) is 4.79 Å². The quantitative estimate of drug-likeness (QED) is 0.812. The van der Waals surface area contributed by atoms with Gasteiger partial charge < -0.3 is 20.6 Å². The van der Waals surface area contributed by atoms with Crippen molar-refractivity contribution in [2.24, 2.45) is 10.8 Å². The predicted molar refractivity (Wildman–Crippen MR) is 83.3 cm³/mol. The van der Waals surface area contributed by atoms with E-state index >= 15 is 0 Å². The SMILES string of the molecule is CN1CC2(C)CN(C(=O)c3cnn(CCO)c3N)CC2(C)C1. The van der Waals surface area contributed by atoms with E-state index in [0.29, 0.717) is 17.9 Å². The predicted octanol–water partition coefficient (Wildman–Crippen LogP) is -0.129. The van der Waals surface area contributed by atoms with Crippen molar-refractivity contribution in [2.45, 2.75) is 20.4 Å². The summed E-state index contributed by atoms with van der Waals surface area (Å²) in [5, 5.41) is 13.1. The number of hydrogen-bond donors (Lipinski definition) is 2. The average Bonchev–Trinajstić information content (AvgIpc) is 2.96. The Morgan fingerprint density at radius 3 is 2.45 bits per heavy atom. The fraction of sp³-hybridized carbons (Fsp3) is 0.733. The Morgan fingerprint density at radius 2 is 1.91 bits per heavy atom. The Hall–Kier alpha value is -1.60. The molecule has 2 saturated heterocycles. The highest BCUT2D eigenvalue weighted by Gasteiger charge is 2.57. The summed E-state index contributed by atoms with van der Waals surface area (Å²) in [6, 6.07) is 0. The van der Waals surface area contributed by atoms with Gasteiger partial charge in [-0.25, -0.2) is 4.68 Å². The van der Waals surface area contributed by atoms with E-state index < -0.39 is 0 Å². The highest BCUT2D eigenvalue weighted by molar-refractivity contribution is 5.98. The number of carbonyl (C=O) groups is 1. The van der Waals surface area contributed by atoms with Gasteiger partial charge >= 0.3 is 0 Å². The number of amides is 1. The monoisotopic (exact) mass is 307 g/mol. The van der Waals surface area contributed by atoms with Crippen LogP contribution < -0.4 is 5.73 Å². The van der Waals surface area contributed by atoms with Gasteiger partial charge in [0.25, 0.3) is 5.91 Å². The standard InChI is InChI=1S/C15H25N5O2/c1-14-7-18(3)8-15(14,2)10-19(9-14)13(22)11-6-17-20(4-5-21)12(11)16/h6,21H,4-5,7-10,16H2,1-3H3. The summed E-state index contributed by atoms with van der Waals surface area (Å²) in [6.07, 6.45) is 1.51. The number of aromatic nitrogens is 2. The molecule has 0 aromatic carbocycles. The molecule has 122 valence electrons. The van der Waals surface area contributed by atoms with Crippen LogP contribution in [0, 0.1) is 10.8 Å². The van der Waals surface area contributed by atoms with Crippen LogP contribution in [0.5, 0.6) is 0 Å². The molecule has 2 aliphatic heterocycles. The molecule has 1 amide bonds. The minimum atomic E-state index is -0.0545. The number of carbonyl (C=O) groups excluding carboxylic acids is 1. The van der Waals surface area contributed by atoms with Gasteiger partial charge in [-0.1, -0.05) is 13.8 Å². The van der Waals surface area contributed by atoms with Gasteiger partial charge in [0.15, 0.2) is 0 Å². The number of nitrogens with two attached hydrogens (primary N) is 1. The fourth-order valence-electron chi connectivity index (χ4n) is 4.16. The summed E-state index contributed by atoms with van der Waals surface area (Å²) in [5.41, 5.74) is 6.67. The lowest BCUT2D eigenvalue weighted by Crippen LogP contribution is -2.35. The van der Waals surface area contributed by atoms with Crippen molar-refractivity contribution in [3.63, 3.8) is 0 Å².